The van der Waals surface area contributed by atoms with Gasteiger partial charge in [-0.05, 0) is 29.9 Å². The van der Waals surface area contributed by atoms with Crippen LogP contribution in [-0.4, -0.2) is 42.9 Å². The van der Waals surface area contributed by atoms with Crippen molar-refractivity contribution in [3.05, 3.63) is 35.4 Å². The van der Waals surface area contributed by atoms with Crippen molar-refractivity contribution in [1.29, 1.82) is 0 Å². The van der Waals surface area contributed by atoms with E-state index >= 15 is 0 Å². The highest BCUT2D eigenvalue weighted by Crippen LogP contribution is 2.37. The molecule has 0 N–H and O–H groups in total. The highest BCUT2D eigenvalue weighted by molar-refractivity contribution is 5.95. The lowest BCUT2D eigenvalue weighted by Crippen LogP contribution is -2.55. The topological polar surface area (TPSA) is 23.6 Å². The molecule has 0 spiro atoms. The van der Waals surface area contributed by atoms with Crippen molar-refractivity contribution < 1.29 is 4.79 Å². The van der Waals surface area contributed by atoms with Gasteiger partial charge in [0.25, 0.3) is 5.91 Å². The summed E-state index contributed by atoms with van der Waals surface area (Å²) in [6.45, 7) is 7.77. The third-order valence-electron chi connectivity index (χ3n) is 4.67. The second-order valence-electron chi connectivity index (χ2n) is 6.21. The van der Waals surface area contributed by atoms with E-state index in [9.17, 15) is 4.79 Å². The van der Waals surface area contributed by atoms with E-state index in [1.807, 2.05) is 32.3 Å². The number of hydrogen-bond acceptors (Lipinski definition) is 2. The Balaban J connectivity index is 2.07. The van der Waals surface area contributed by atoms with E-state index in [2.05, 4.69) is 24.8 Å². The number of likely N-dealkylation sites (tertiary alicyclic amines) is 1. The Labute approximate surface area is 122 Å². The van der Waals surface area contributed by atoms with Crippen molar-refractivity contribution >= 4 is 5.91 Å². The van der Waals surface area contributed by atoms with Crippen molar-refractivity contribution in [3.8, 4) is 0 Å². The van der Waals surface area contributed by atoms with Gasteiger partial charge in [-0.15, -0.1) is 0 Å². The van der Waals surface area contributed by atoms with E-state index in [1.165, 1.54) is 12.8 Å². The van der Waals surface area contributed by atoms with Gasteiger partial charge in [0.2, 0.25) is 0 Å². The average Bonchev–Trinajstić information content (AvgIpc) is 2.42. The standard InChI is InChI=1S/C17H26N2O/c1-5-17(6-2)12-19(13-17)11-14-9-7-8-10-15(14)16(20)18(3)4/h7-10H,5-6,11-13H2,1-4H3. The summed E-state index contributed by atoms with van der Waals surface area (Å²) in [6, 6.07) is 7.98. The van der Waals surface area contributed by atoms with Crippen molar-refractivity contribution in [2.45, 2.75) is 33.2 Å². The van der Waals surface area contributed by atoms with Gasteiger partial charge in [0.05, 0.1) is 0 Å². The summed E-state index contributed by atoms with van der Waals surface area (Å²) in [5, 5.41) is 0. The molecule has 0 bridgehead atoms. The lowest BCUT2D eigenvalue weighted by molar-refractivity contribution is -0.0121. The fraction of sp³-hybridized carbons (Fsp3) is 0.588. The molecule has 20 heavy (non-hydrogen) atoms. The van der Waals surface area contributed by atoms with E-state index in [0.29, 0.717) is 5.41 Å². The van der Waals surface area contributed by atoms with Crippen LogP contribution in [0.2, 0.25) is 0 Å². The molecule has 2 rings (SSSR count). The third-order valence-corrected chi connectivity index (χ3v) is 4.67. The van der Waals surface area contributed by atoms with Crippen LogP contribution in [0.1, 0.15) is 42.6 Å². The Hall–Kier alpha value is -1.35. The fourth-order valence-corrected chi connectivity index (χ4v) is 3.06. The van der Waals surface area contributed by atoms with E-state index in [0.717, 1.165) is 30.8 Å². The van der Waals surface area contributed by atoms with Crippen LogP contribution >= 0.6 is 0 Å². The van der Waals surface area contributed by atoms with Gasteiger partial charge in [-0.1, -0.05) is 32.0 Å². The summed E-state index contributed by atoms with van der Waals surface area (Å²) in [5.74, 6) is 0.0957. The van der Waals surface area contributed by atoms with Gasteiger partial charge in [0.15, 0.2) is 0 Å². The summed E-state index contributed by atoms with van der Waals surface area (Å²) >= 11 is 0. The normalized spacial score (nSPS) is 17.6. The van der Waals surface area contributed by atoms with Crippen LogP contribution in [0.15, 0.2) is 24.3 Å². The predicted molar refractivity (Wildman–Crippen MR) is 82.8 cm³/mol. The molecule has 1 amide bonds. The van der Waals surface area contributed by atoms with Gasteiger partial charge < -0.3 is 4.90 Å². The average molecular weight is 274 g/mol. The number of amides is 1. The molecule has 0 aromatic heterocycles. The molecule has 1 aliphatic rings. The van der Waals surface area contributed by atoms with Gasteiger partial charge in [-0.3, -0.25) is 9.69 Å². The van der Waals surface area contributed by atoms with Crippen LogP contribution in [0.5, 0.6) is 0 Å². The largest absolute Gasteiger partial charge is 0.345 e. The second-order valence-corrected chi connectivity index (χ2v) is 6.21. The first-order valence-corrected chi connectivity index (χ1v) is 7.53. The van der Waals surface area contributed by atoms with Crippen LogP contribution in [-0.2, 0) is 6.54 Å². The van der Waals surface area contributed by atoms with Gasteiger partial charge in [-0.25, -0.2) is 0 Å². The number of carbonyl (C=O) groups excluding carboxylic acids is 1. The molecular formula is C17H26N2O. The maximum absolute atomic E-state index is 12.2. The van der Waals surface area contributed by atoms with Crippen LogP contribution in [0.4, 0.5) is 0 Å². The fourth-order valence-electron chi connectivity index (χ4n) is 3.06. The Morgan fingerprint density at radius 1 is 1.20 bits per heavy atom. The number of nitrogens with zero attached hydrogens (tertiary/aromatic N) is 2. The number of carbonyl (C=O) groups is 1. The zero-order valence-corrected chi connectivity index (χ0v) is 13.1. The van der Waals surface area contributed by atoms with E-state index in [-0.39, 0.29) is 5.91 Å². The Morgan fingerprint density at radius 2 is 1.80 bits per heavy atom. The molecule has 3 nitrogen and oxygen atoms in total. The summed E-state index contributed by atoms with van der Waals surface area (Å²) in [6.07, 6.45) is 2.50. The molecule has 0 unspecified atom stereocenters. The molecule has 110 valence electrons. The van der Waals surface area contributed by atoms with Crippen LogP contribution < -0.4 is 0 Å². The first-order chi connectivity index (χ1) is 9.51. The maximum atomic E-state index is 12.2. The number of benzene rings is 1. The molecular weight excluding hydrogens is 248 g/mol. The Bertz CT molecular complexity index is 470. The van der Waals surface area contributed by atoms with Crippen LogP contribution in [0, 0.1) is 5.41 Å². The molecule has 0 atom stereocenters. The number of hydrogen-bond donors (Lipinski definition) is 0. The van der Waals surface area contributed by atoms with Crippen molar-refractivity contribution in [2.24, 2.45) is 5.41 Å². The molecule has 1 heterocycles. The molecule has 0 radical (unpaired) electrons. The maximum Gasteiger partial charge on any atom is 0.253 e. The molecule has 1 aromatic rings. The van der Waals surface area contributed by atoms with Crippen molar-refractivity contribution in [3.63, 3.8) is 0 Å². The molecule has 1 fully saturated rings. The van der Waals surface area contributed by atoms with Crippen molar-refractivity contribution in [2.75, 3.05) is 27.2 Å². The zero-order chi connectivity index (χ0) is 14.8. The summed E-state index contributed by atoms with van der Waals surface area (Å²) in [4.78, 5) is 16.3. The second kappa shape index (κ2) is 5.96. The minimum absolute atomic E-state index is 0.0957. The molecule has 0 aliphatic carbocycles. The van der Waals surface area contributed by atoms with E-state index < -0.39 is 0 Å². The SMILES string of the molecule is CCC1(CC)CN(Cc2ccccc2C(=O)N(C)C)C1. The molecule has 1 saturated heterocycles. The van der Waals surface area contributed by atoms with Gasteiger partial charge in [0.1, 0.15) is 0 Å². The first kappa shape index (κ1) is 15.0. The van der Waals surface area contributed by atoms with Crippen LogP contribution in [0.3, 0.4) is 0 Å². The Kier molecular flexibility index (Phi) is 4.48. The van der Waals surface area contributed by atoms with Crippen LogP contribution in [0.25, 0.3) is 0 Å². The summed E-state index contributed by atoms with van der Waals surface area (Å²) in [5.41, 5.74) is 2.50. The number of rotatable bonds is 5. The summed E-state index contributed by atoms with van der Waals surface area (Å²) in [7, 11) is 3.61. The smallest absolute Gasteiger partial charge is 0.253 e. The van der Waals surface area contributed by atoms with E-state index in [1.54, 1.807) is 4.90 Å². The predicted octanol–water partition coefficient (Wildman–Crippen LogP) is 3.01. The molecule has 1 aliphatic heterocycles. The highest BCUT2D eigenvalue weighted by Gasteiger charge is 2.39. The molecule has 1 aromatic carbocycles. The van der Waals surface area contributed by atoms with Gasteiger partial charge in [-0.2, -0.15) is 0 Å². The summed E-state index contributed by atoms with van der Waals surface area (Å²) < 4.78 is 0. The quantitative estimate of drug-likeness (QED) is 0.824. The van der Waals surface area contributed by atoms with Gasteiger partial charge in [0, 0.05) is 39.3 Å². The first-order valence-electron chi connectivity index (χ1n) is 7.53. The highest BCUT2D eigenvalue weighted by atomic mass is 16.2. The molecule has 0 saturated carbocycles. The minimum atomic E-state index is 0.0957. The lowest BCUT2D eigenvalue weighted by atomic mass is 9.75. The van der Waals surface area contributed by atoms with Crippen molar-refractivity contribution in [1.82, 2.24) is 9.80 Å². The minimum Gasteiger partial charge on any atom is -0.345 e. The lowest BCUT2D eigenvalue weighted by Gasteiger charge is -2.50. The Morgan fingerprint density at radius 3 is 2.35 bits per heavy atom. The third kappa shape index (κ3) is 2.88. The van der Waals surface area contributed by atoms with E-state index in [4.69, 9.17) is 0 Å². The molecule has 3 heteroatoms. The monoisotopic (exact) mass is 274 g/mol. The van der Waals surface area contributed by atoms with Gasteiger partial charge >= 0.3 is 0 Å². The zero-order valence-electron chi connectivity index (χ0n) is 13.1.